The minimum Gasteiger partial charge on any atom is -0.389 e. The van der Waals surface area contributed by atoms with Crippen LogP contribution in [0.3, 0.4) is 0 Å². The topological polar surface area (TPSA) is 63.8 Å². The zero-order valence-electron chi connectivity index (χ0n) is 9.02. The van der Waals surface area contributed by atoms with Crippen LogP contribution >= 0.6 is 44.1 Å². The van der Waals surface area contributed by atoms with E-state index in [1.165, 1.54) is 0 Å². The van der Waals surface area contributed by atoms with E-state index < -0.39 is 0 Å². The molecule has 18 heavy (non-hydrogen) atoms. The minimum absolute atomic E-state index is 0.278. The molecule has 0 fully saturated rings. The first-order chi connectivity index (χ1) is 8.58. The molecule has 0 saturated heterocycles. The summed E-state index contributed by atoms with van der Waals surface area (Å²) in [5.74, 6) is 0.535. The van der Waals surface area contributed by atoms with Gasteiger partial charge in [-0.1, -0.05) is 28.1 Å². The van der Waals surface area contributed by atoms with Gasteiger partial charge < -0.3 is 11.1 Å². The molecule has 1 heterocycles. The number of anilines is 2. The Labute approximate surface area is 126 Å². The van der Waals surface area contributed by atoms with Gasteiger partial charge in [-0.3, -0.25) is 0 Å². The van der Waals surface area contributed by atoms with Crippen LogP contribution in [-0.2, 0) is 0 Å². The molecule has 0 aliphatic rings. The number of thiocarbonyl (C=S) groups is 1. The Bertz CT molecular complexity index is 603. The molecule has 0 aliphatic carbocycles. The van der Waals surface area contributed by atoms with Crippen LogP contribution in [-0.4, -0.2) is 15.2 Å². The second kappa shape index (κ2) is 5.73. The van der Waals surface area contributed by atoms with Crippen molar-refractivity contribution in [2.75, 3.05) is 5.32 Å². The number of aromatic nitrogens is 2. The van der Waals surface area contributed by atoms with Crippen LogP contribution in [0.25, 0.3) is 0 Å². The minimum atomic E-state index is 0.278. The van der Waals surface area contributed by atoms with Crippen molar-refractivity contribution in [2.24, 2.45) is 5.73 Å². The molecule has 1 aromatic carbocycles. The smallest absolute Gasteiger partial charge is 0.163 e. The highest BCUT2D eigenvalue weighted by atomic mass is 79.9. The Morgan fingerprint density at radius 2 is 2.06 bits per heavy atom. The highest BCUT2D eigenvalue weighted by Crippen LogP contribution is 2.28. The number of hydrogen-bond acceptors (Lipinski definition) is 4. The maximum absolute atomic E-state index is 5.63. The predicted molar refractivity (Wildman–Crippen MR) is 83.0 cm³/mol. The van der Waals surface area contributed by atoms with E-state index in [0.29, 0.717) is 11.4 Å². The molecule has 0 bridgehead atoms. The second-order valence-electron chi connectivity index (χ2n) is 3.41. The van der Waals surface area contributed by atoms with E-state index in [1.807, 2.05) is 18.2 Å². The number of nitrogens with two attached hydrogens (primary N) is 1. The lowest BCUT2D eigenvalue weighted by Crippen LogP contribution is -2.13. The van der Waals surface area contributed by atoms with Crippen molar-refractivity contribution in [3.63, 3.8) is 0 Å². The zero-order chi connectivity index (χ0) is 13.1. The van der Waals surface area contributed by atoms with Gasteiger partial charge in [0, 0.05) is 8.95 Å². The Hall–Kier alpha value is -1.05. The Morgan fingerprint density at radius 3 is 2.72 bits per heavy atom. The normalized spacial score (nSPS) is 10.1. The summed E-state index contributed by atoms with van der Waals surface area (Å²) >= 11 is 11.8. The van der Waals surface area contributed by atoms with Gasteiger partial charge in [0.25, 0.3) is 0 Å². The highest BCUT2D eigenvalue weighted by Gasteiger charge is 2.08. The van der Waals surface area contributed by atoms with Crippen LogP contribution in [0.2, 0.25) is 0 Å². The quantitative estimate of drug-likeness (QED) is 0.790. The molecule has 0 atom stereocenters. The first-order valence-corrected chi connectivity index (χ1v) is 6.91. The summed E-state index contributed by atoms with van der Waals surface area (Å²) < 4.78 is 1.88. The summed E-state index contributed by atoms with van der Waals surface area (Å²) in [6.07, 6.45) is 1.55. The average molecular weight is 388 g/mol. The molecule has 4 nitrogen and oxygen atoms in total. The Morgan fingerprint density at radius 1 is 1.28 bits per heavy atom. The van der Waals surface area contributed by atoms with E-state index in [0.717, 1.165) is 14.6 Å². The van der Waals surface area contributed by atoms with E-state index in [2.05, 4.69) is 47.4 Å². The number of rotatable bonds is 3. The van der Waals surface area contributed by atoms with Crippen molar-refractivity contribution < 1.29 is 0 Å². The number of hydrogen-bond donors (Lipinski definition) is 2. The maximum Gasteiger partial charge on any atom is 0.163 e. The monoisotopic (exact) mass is 386 g/mol. The Kier molecular flexibility index (Phi) is 4.26. The standard InChI is InChI=1S/C11H8Br2N4S/c12-6-1-2-9(8(13)5-6)16-11-7(10(14)18)3-4-15-17-11/h1-5H,(H2,14,18)(H,16,17). The van der Waals surface area contributed by atoms with Crippen molar-refractivity contribution in [1.82, 2.24) is 10.2 Å². The molecule has 0 aliphatic heterocycles. The lowest BCUT2D eigenvalue weighted by Gasteiger charge is -2.10. The van der Waals surface area contributed by atoms with E-state index >= 15 is 0 Å². The van der Waals surface area contributed by atoms with Crippen LogP contribution in [0.4, 0.5) is 11.5 Å². The summed E-state index contributed by atoms with van der Waals surface area (Å²) in [4.78, 5) is 0.278. The van der Waals surface area contributed by atoms with Gasteiger partial charge in [-0.15, -0.1) is 5.10 Å². The second-order valence-corrected chi connectivity index (χ2v) is 5.62. The number of nitrogens with zero attached hydrogens (tertiary/aromatic N) is 2. The van der Waals surface area contributed by atoms with Crippen LogP contribution < -0.4 is 11.1 Å². The van der Waals surface area contributed by atoms with Crippen LogP contribution in [0.1, 0.15) is 5.56 Å². The summed E-state index contributed by atoms with van der Waals surface area (Å²) in [6, 6.07) is 7.49. The van der Waals surface area contributed by atoms with Crippen molar-refractivity contribution in [2.45, 2.75) is 0 Å². The molecule has 0 spiro atoms. The fraction of sp³-hybridized carbons (Fsp3) is 0. The molecular weight excluding hydrogens is 380 g/mol. The molecular formula is C11H8Br2N4S. The molecule has 3 N–H and O–H groups in total. The lowest BCUT2D eigenvalue weighted by atomic mass is 10.2. The van der Waals surface area contributed by atoms with E-state index in [9.17, 15) is 0 Å². The third-order valence-electron chi connectivity index (χ3n) is 2.17. The molecule has 1 aromatic heterocycles. The van der Waals surface area contributed by atoms with Gasteiger partial charge in [0.15, 0.2) is 5.82 Å². The summed E-state index contributed by atoms with van der Waals surface area (Å²) in [6.45, 7) is 0. The lowest BCUT2D eigenvalue weighted by molar-refractivity contribution is 1.03. The highest BCUT2D eigenvalue weighted by molar-refractivity contribution is 9.11. The van der Waals surface area contributed by atoms with E-state index in [-0.39, 0.29) is 4.99 Å². The zero-order valence-corrected chi connectivity index (χ0v) is 13.0. The van der Waals surface area contributed by atoms with Crippen molar-refractivity contribution in [1.29, 1.82) is 0 Å². The van der Waals surface area contributed by atoms with Gasteiger partial charge in [-0.25, -0.2) is 0 Å². The molecule has 7 heteroatoms. The van der Waals surface area contributed by atoms with Gasteiger partial charge in [0.05, 0.1) is 17.4 Å². The molecule has 0 saturated carbocycles. The van der Waals surface area contributed by atoms with Crippen molar-refractivity contribution >= 4 is 60.6 Å². The molecule has 2 aromatic rings. The molecule has 0 radical (unpaired) electrons. The van der Waals surface area contributed by atoms with Crippen molar-refractivity contribution in [3.8, 4) is 0 Å². The molecule has 0 unspecified atom stereocenters. The number of benzene rings is 1. The van der Waals surface area contributed by atoms with E-state index in [4.69, 9.17) is 18.0 Å². The summed E-state index contributed by atoms with van der Waals surface area (Å²) in [5.41, 5.74) is 7.15. The number of halogens is 2. The van der Waals surface area contributed by atoms with Crippen LogP contribution in [0, 0.1) is 0 Å². The molecule has 92 valence electrons. The van der Waals surface area contributed by atoms with Gasteiger partial charge in [0.1, 0.15) is 4.99 Å². The first-order valence-electron chi connectivity index (χ1n) is 4.91. The van der Waals surface area contributed by atoms with Gasteiger partial charge >= 0.3 is 0 Å². The summed E-state index contributed by atoms with van der Waals surface area (Å²) in [7, 11) is 0. The first kappa shape index (κ1) is 13.4. The molecule has 2 rings (SSSR count). The average Bonchev–Trinajstić information content (AvgIpc) is 2.33. The molecule has 0 amide bonds. The number of nitrogens with one attached hydrogen (secondary N) is 1. The van der Waals surface area contributed by atoms with Gasteiger partial charge in [-0.05, 0) is 40.2 Å². The van der Waals surface area contributed by atoms with Crippen LogP contribution in [0.5, 0.6) is 0 Å². The SMILES string of the molecule is NC(=S)c1ccnnc1Nc1ccc(Br)cc1Br. The van der Waals surface area contributed by atoms with Gasteiger partial charge in [0.2, 0.25) is 0 Å². The van der Waals surface area contributed by atoms with E-state index in [1.54, 1.807) is 12.3 Å². The largest absolute Gasteiger partial charge is 0.389 e. The van der Waals surface area contributed by atoms with Crippen molar-refractivity contribution in [3.05, 3.63) is 45.0 Å². The fourth-order valence-corrected chi connectivity index (χ4v) is 2.65. The summed E-state index contributed by atoms with van der Waals surface area (Å²) in [5, 5.41) is 11.0. The third kappa shape index (κ3) is 3.04. The van der Waals surface area contributed by atoms with Gasteiger partial charge in [-0.2, -0.15) is 5.10 Å². The predicted octanol–water partition coefficient (Wildman–Crippen LogP) is 3.38. The third-order valence-corrected chi connectivity index (χ3v) is 3.54. The van der Waals surface area contributed by atoms with Crippen LogP contribution in [0.15, 0.2) is 39.4 Å². The maximum atomic E-state index is 5.63. The Balaban J connectivity index is 2.37. The fourth-order valence-electron chi connectivity index (χ4n) is 1.34.